The second kappa shape index (κ2) is 4.97. The van der Waals surface area contributed by atoms with Crippen molar-refractivity contribution in [3.63, 3.8) is 0 Å². The number of hydrogen-bond donors (Lipinski definition) is 1. The molecular formula is C12H15N3O2. The zero-order valence-corrected chi connectivity index (χ0v) is 9.92. The monoisotopic (exact) mass is 233 g/mol. The summed E-state index contributed by atoms with van der Waals surface area (Å²) in [6.07, 6.45) is 0.759. The number of rotatable bonds is 4. The molecule has 2 rings (SSSR count). The van der Waals surface area contributed by atoms with Crippen LogP contribution in [0.15, 0.2) is 28.8 Å². The highest BCUT2D eigenvalue weighted by atomic mass is 16.5. The zero-order valence-electron chi connectivity index (χ0n) is 9.92. The van der Waals surface area contributed by atoms with Crippen LogP contribution in [0.4, 0.5) is 0 Å². The van der Waals surface area contributed by atoms with Crippen LogP contribution in [0, 0.1) is 0 Å². The van der Waals surface area contributed by atoms with Gasteiger partial charge in [0.2, 0.25) is 0 Å². The van der Waals surface area contributed by atoms with Crippen molar-refractivity contribution in [2.24, 2.45) is 0 Å². The average molecular weight is 233 g/mol. The van der Waals surface area contributed by atoms with Crippen LogP contribution in [0.2, 0.25) is 0 Å². The Kier molecular flexibility index (Phi) is 3.39. The van der Waals surface area contributed by atoms with Gasteiger partial charge in [-0.2, -0.15) is 4.98 Å². The van der Waals surface area contributed by atoms with Gasteiger partial charge in [0.1, 0.15) is 5.75 Å². The van der Waals surface area contributed by atoms with Gasteiger partial charge in [0.15, 0.2) is 5.82 Å². The number of phenols is 1. The molecule has 1 N–H and O–H groups in total. The summed E-state index contributed by atoms with van der Waals surface area (Å²) in [5.74, 6) is 1.40. The van der Waals surface area contributed by atoms with Gasteiger partial charge >= 0.3 is 0 Å². The molecule has 0 aliphatic carbocycles. The Hall–Kier alpha value is -1.88. The molecule has 0 aliphatic heterocycles. The van der Waals surface area contributed by atoms with E-state index in [1.165, 1.54) is 0 Å². The normalized spacial score (nSPS) is 11.0. The molecule has 0 amide bonds. The van der Waals surface area contributed by atoms with Crippen molar-refractivity contribution in [3.8, 4) is 17.2 Å². The van der Waals surface area contributed by atoms with Crippen molar-refractivity contribution in [2.75, 3.05) is 20.6 Å². The summed E-state index contributed by atoms with van der Waals surface area (Å²) in [7, 11) is 4.00. The molecule has 1 heterocycles. The van der Waals surface area contributed by atoms with Gasteiger partial charge in [-0.15, -0.1) is 0 Å². The molecule has 0 saturated carbocycles. The third-order valence-corrected chi connectivity index (χ3v) is 2.36. The smallest absolute Gasteiger partial charge is 0.257 e. The third kappa shape index (κ3) is 3.04. The van der Waals surface area contributed by atoms with Crippen LogP contribution >= 0.6 is 0 Å². The summed E-state index contributed by atoms with van der Waals surface area (Å²) >= 11 is 0. The van der Waals surface area contributed by atoms with Gasteiger partial charge in [0.05, 0.1) is 0 Å². The molecule has 0 fully saturated rings. The molecular weight excluding hydrogens is 218 g/mol. The predicted octanol–water partition coefficient (Wildman–Crippen LogP) is 1.55. The Labute approximate surface area is 99.7 Å². The van der Waals surface area contributed by atoms with E-state index in [0.717, 1.165) is 18.5 Å². The van der Waals surface area contributed by atoms with Crippen molar-refractivity contribution >= 4 is 0 Å². The van der Waals surface area contributed by atoms with E-state index in [2.05, 4.69) is 15.0 Å². The molecule has 0 bridgehead atoms. The Morgan fingerprint density at radius 3 is 2.59 bits per heavy atom. The van der Waals surface area contributed by atoms with E-state index in [1.54, 1.807) is 24.3 Å². The molecule has 5 nitrogen and oxygen atoms in total. The molecule has 5 heteroatoms. The lowest BCUT2D eigenvalue weighted by atomic mass is 10.2. The summed E-state index contributed by atoms with van der Waals surface area (Å²) in [5, 5.41) is 13.1. The van der Waals surface area contributed by atoms with Crippen LogP contribution < -0.4 is 0 Å². The topological polar surface area (TPSA) is 62.4 Å². The molecule has 0 spiro atoms. The number of phenolic OH excluding ortho intramolecular Hbond substituents is 1. The first kappa shape index (κ1) is 11.6. The lowest BCUT2D eigenvalue weighted by molar-refractivity contribution is 0.392. The van der Waals surface area contributed by atoms with Crippen LogP contribution in [0.1, 0.15) is 5.82 Å². The van der Waals surface area contributed by atoms with Gasteiger partial charge in [-0.3, -0.25) is 0 Å². The van der Waals surface area contributed by atoms with E-state index in [9.17, 15) is 5.11 Å². The van der Waals surface area contributed by atoms with Gasteiger partial charge in [-0.25, -0.2) is 0 Å². The van der Waals surface area contributed by atoms with Gasteiger partial charge in [-0.1, -0.05) is 5.16 Å². The van der Waals surface area contributed by atoms with E-state index >= 15 is 0 Å². The van der Waals surface area contributed by atoms with Crippen LogP contribution in [-0.4, -0.2) is 40.8 Å². The minimum absolute atomic E-state index is 0.223. The molecule has 0 aliphatic rings. The largest absolute Gasteiger partial charge is 0.508 e. The van der Waals surface area contributed by atoms with Gasteiger partial charge < -0.3 is 14.5 Å². The van der Waals surface area contributed by atoms with Crippen molar-refractivity contribution < 1.29 is 9.63 Å². The fraction of sp³-hybridized carbons (Fsp3) is 0.333. The van der Waals surface area contributed by atoms with Crippen LogP contribution in [0.3, 0.4) is 0 Å². The summed E-state index contributed by atoms with van der Waals surface area (Å²) in [6.45, 7) is 0.883. The van der Waals surface area contributed by atoms with Crippen LogP contribution in [0.5, 0.6) is 5.75 Å². The standard InChI is InChI=1S/C12H15N3O2/c1-15(2)8-7-11-13-12(17-14-11)9-3-5-10(16)6-4-9/h3-6,16H,7-8H2,1-2H3. The maximum atomic E-state index is 9.18. The first-order chi connectivity index (χ1) is 8.15. The van der Waals surface area contributed by atoms with Crippen LogP contribution in [-0.2, 0) is 6.42 Å². The average Bonchev–Trinajstić information content (AvgIpc) is 2.76. The first-order valence-electron chi connectivity index (χ1n) is 5.42. The first-order valence-corrected chi connectivity index (χ1v) is 5.42. The second-order valence-electron chi connectivity index (χ2n) is 4.12. The highest BCUT2D eigenvalue weighted by Crippen LogP contribution is 2.19. The van der Waals surface area contributed by atoms with Crippen LogP contribution in [0.25, 0.3) is 11.5 Å². The fourth-order valence-electron chi connectivity index (χ4n) is 1.40. The maximum absolute atomic E-state index is 9.18. The van der Waals surface area contributed by atoms with Crippen molar-refractivity contribution in [1.29, 1.82) is 0 Å². The zero-order chi connectivity index (χ0) is 12.3. The Morgan fingerprint density at radius 1 is 1.24 bits per heavy atom. The fourth-order valence-corrected chi connectivity index (χ4v) is 1.40. The summed E-state index contributed by atoms with van der Waals surface area (Å²) in [5.41, 5.74) is 0.811. The number of aromatic nitrogens is 2. The Bertz CT molecular complexity index is 477. The van der Waals surface area contributed by atoms with Crippen molar-refractivity contribution in [1.82, 2.24) is 15.0 Å². The third-order valence-electron chi connectivity index (χ3n) is 2.36. The number of likely N-dealkylation sites (N-methyl/N-ethyl adjacent to an activating group) is 1. The molecule has 0 saturated heterocycles. The minimum Gasteiger partial charge on any atom is -0.508 e. The summed E-state index contributed by atoms with van der Waals surface area (Å²) in [4.78, 5) is 6.36. The number of benzene rings is 1. The lowest BCUT2D eigenvalue weighted by Crippen LogP contribution is -2.15. The van der Waals surface area contributed by atoms with E-state index in [-0.39, 0.29) is 5.75 Å². The highest BCUT2D eigenvalue weighted by Gasteiger charge is 2.08. The SMILES string of the molecule is CN(C)CCc1noc(-c2ccc(O)cc2)n1. The van der Waals surface area contributed by atoms with Gasteiger partial charge in [-0.05, 0) is 38.4 Å². The highest BCUT2D eigenvalue weighted by molar-refractivity contribution is 5.53. The minimum atomic E-state index is 0.223. The molecule has 1 aromatic carbocycles. The van der Waals surface area contributed by atoms with Gasteiger partial charge in [0.25, 0.3) is 5.89 Å². The quantitative estimate of drug-likeness (QED) is 0.868. The van der Waals surface area contributed by atoms with Gasteiger partial charge in [0, 0.05) is 18.5 Å². The molecule has 1 aromatic heterocycles. The van der Waals surface area contributed by atoms with Crippen molar-refractivity contribution in [3.05, 3.63) is 30.1 Å². The molecule has 2 aromatic rings. The molecule has 17 heavy (non-hydrogen) atoms. The van der Waals surface area contributed by atoms with E-state index in [1.807, 2.05) is 14.1 Å². The maximum Gasteiger partial charge on any atom is 0.257 e. The Morgan fingerprint density at radius 2 is 1.94 bits per heavy atom. The second-order valence-corrected chi connectivity index (χ2v) is 4.12. The Balaban J connectivity index is 2.10. The number of hydrogen-bond acceptors (Lipinski definition) is 5. The molecule has 0 radical (unpaired) electrons. The van der Waals surface area contributed by atoms with E-state index < -0.39 is 0 Å². The lowest BCUT2D eigenvalue weighted by Gasteiger charge is -2.05. The predicted molar refractivity (Wildman–Crippen MR) is 63.7 cm³/mol. The number of nitrogens with zero attached hydrogens (tertiary/aromatic N) is 3. The molecule has 0 atom stereocenters. The molecule has 90 valence electrons. The van der Waals surface area contributed by atoms with E-state index in [4.69, 9.17) is 4.52 Å². The summed E-state index contributed by atoms with van der Waals surface area (Å²) < 4.78 is 5.16. The van der Waals surface area contributed by atoms with Crippen molar-refractivity contribution in [2.45, 2.75) is 6.42 Å². The molecule has 0 unspecified atom stereocenters. The summed E-state index contributed by atoms with van der Waals surface area (Å²) in [6, 6.07) is 6.69. The number of aromatic hydroxyl groups is 1. The van der Waals surface area contributed by atoms with E-state index in [0.29, 0.717) is 11.7 Å².